The summed E-state index contributed by atoms with van der Waals surface area (Å²) >= 11 is 0. The number of phenolic OH excluding ortho intramolecular Hbond substituents is 1. The molecule has 0 radical (unpaired) electrons. The third kappa shape index (κ3) is 4.68. The smallest absolute Gasteiger partial charge is 0.244 e. The van der Waals surface area contributed by atoms with Crippen LogP contribution in [-0.2, 0) is 11.3 Å². The molecule has 0 saturated carbocycles. The van der Waals surface area contributed by atoms with Gasteiger partial charge < -0.3 is 20.7 Å². The van der Waals surface area contributed by atoms with Crippen molar-refractivity contribution in [2.24, 2.45) is 0 Å². The molecule has 0 spiro atoms. The van der Waals surface area contributed by atoms with E-state index in [2.05, 4.69) is 10.3 Å². The lowest BCUT2D eigenvalue weighted by molar-refractivity contribution is -0.116. The highest BCUT2D eigenvalue weighted by atomic mass is 16.3. The molecular weight excluding hydrogens is 268 g/mol. The Balaban J connectivity index is 1.76. The van der Waals surface area contributed by atoms with Crippen molar-refractivity contribution < 1.29 is 9.90 Å². The predicted octanol–water partition coefficient (Wildman–Crippen LogP) is 1.39. The molecular formula is C15H18N4O2. The quantitative estimate of drug-likeness (QED) is 0.324. The van der Waals surface area contributed by atoms with Crippen LogP contribution in [-0.4, -0.2) is 27.1 Å². The summed E-state index contributed by atoms with van der Waals surface area (Å²) in [6.45, 7) is 1.39. The van der Waals surface area contributed by atoms with Crippen molar-refractivity contribution in [1.29, 1.82) is 0 Å². The second-order valence-corrected chi connectivity index (χ2v) is 4.59. The largest absolute Gasteiger partial charge is 0.508 e. The van der Waals surface area contributed by atoms with Gasteiger partial charge in [0.2, 0.25) is 5.91 Å². The van der Waals surface area contributed by atoms with Crippen molar-refractivity contribution in [3.63, 3.8) is 0 Å². The van der Waals surface area contributed by atoms with Crippen LogP contribution in [0.1, 0.15) is 12.0 Å². The van der Waals surface area contributed by atoms with E-state index in [0.29, 0.717) is 17.8 Å². The number of carbonyl (C=O) groups is 1. The molecule has 0 aliphatic heterocycles. The molecule has 0 atom stereocenters. The van der Waals surface area contributed by atoms with E-state index in [1.807, 2.05) is 10.8 Å². The number of rotatable bonds is 6. The third-order valence-electron chi connectivity index (χ3n) is 2.94. The van der Waals surface area contributed by atoms with Crippen LogP contribution in [0, 0.1) is 0 Å². The van der Waals surface area contributed by atoms with E-state index in [0.717, 1.165) is 13.0 Å². The molecule has 0 bridgehead atoms. The molecule has 2 aromatic rings. The van der Waals surface area contributed by atoms with Crippen LogP contribution in [0.4, 0.5) is 5.69 Å². The Morgan fingerprint density at radius 3 is 3.10 bits per heavy atom. The first-order chi connectivity index (χ1) is 10.1. The SMILES string of the molecule is Nc1ccc(O)cc1/C=C/C(=O)NCCCn1ccnc1. The molecule has 1 aromatic heterocycles. The van der Waals surface area contributed by atoms with Crippen LogP contribution in [0.2, 0.25) is 0 Å². The summed E-state index contributed by atoms with van der Waals surface area (Å²) in [6.07, 6.45) is 9.16. The number of phenols is 1. The number of benzene rings is 1. The van der Waals surface area contributed by atoms with Crippen molar-refractivity contribution in [3.8, 4) is 5.75 Å². The molecule has 6 nitrogen and oxygen atoms in total. The lowest BCUT2D eigenvalue weighted by Crippen LogP contribution is -2.23. The molecule has 6 heteroatoms. The monoisotopic (exact) mass is 286 g/mol. The summed E-state index contributed by atoms with van der Waals surface area (Å²) in [4.78, 5) is 15.6. The minimum Gasteiger partial charge on any atom is -0.508 e. The number of aromatic hydroxyl groups is 1. The average Bonchev–Trinajstić information content (AvgIpc) is 2.98. The van der Waals surface area contributed by atoms with Crippen molar-refractivity contribution in [3.05, 3.63) is 48.6 Å². The molecule has 1 amide bonds. The normalized spacial score (nSPS) is 10.9. The fourth-order valence-electron chi connectivity index (χ4n) is 1.82. The fourth-order valence-corrected chi connectivity index (χ4v) is 1.82. The van der Waals surface area contributed by atoms with Crippen molar-refractivity contribution in [2.75, 3.05) is 12.3 Å². The number of hydrogen-bond donors (Lipinski definition) is 3. The molecule has 110 valence electrons. The van der Waals surface area contributed by atoms with Gasteiger partial charge in [0, 0.05) is 42.8 Å². The van der Waals surface area contributed by atoms with E-state index in [1.54, 1.807) is 24.7 Å². The standard InChI is InChI=1S/C15H18N4O2/c16-14-4-3-13(20)10-12(14)2-5-15(21)18-6-1-8-19-9-7-17-11-19/h2-5,7,9-11,20H,1,6,8,16H2,(H,18,21)/b5-2+. The molecule has 2 rings (SSSR count). The maximum absolute atomic E-state index is 11.7. The van der Waals surface area contributed by atoms with Gasteiger partial charge >= 0.3 is 0 Å². The Hall–Kier alpha value is -2.76. The van der Waals surface area contributed by atoms with E-state index >= 15 is 0 Å². The fraction of sp³-hybridized carbons (Fsp3) is 0.200. The number of nitrogens with zero attached hydrogens (tertiary/aromatic N) is 2. The minimum atomic E-state index is -0.191. The number of carbonyl (C=O) groups excluding carboxylic acids is 1. The summed E-state index contributed by atoms with van der Waals surface area (Å²) in [5.74, 6) is -0.0760. The van der Waals surface area contributed by atoms with Gasteiger partial charge in [0.05, 0.1) is 6.33 Å². The van der Waals surface area contributed by atoms with Crippen LogP contribution in [0.25, 0.3) is 6.08 Å². The Labute approximate surface area is 122 Å². The lowest BCUT2D eigenvalue weighted by atomic mass is 10.1. The Morgan fingerprint density at radius 2 is 2.33 bits per heavy atom. The number of nitrogens with one attached hydrogen (secondary N) is 1. The molecule has 1 heterocycles. The average molecular weight is 286 g/mol. The summed E-state index contributed by atoms with van der Waals surface area (Å²) in [5.41, 5.74) is 6.87. The van der Waals surface area contributed by atoms with Crippen LogP contribution in [0.5, 0.6) is 5.75 Å². The Morgan fingerprint density at radius 1 is 1.48 bits per heavy atom. The molecule has 4 N–H and O–H groups in total. The highest BCUT2D eigenvalue weighted by Crippen LogP contribution is 2.19. The van der Waals surface area contributed by atoms with E-state index in [9.17, 15) is 9.90 Å². The predicted molar refractivity (Wildman–Crippen MR) is 81.4 cm³/mol. The Bertz CT molecular complexity index is 621. The van der Waals surface area contributed by atoms with Gasteiger partial charge in [0.25, 0.3) is 0 Å². The summed E-state index contributed by atoms with van der Waals surface area (Å²) < 4.78 is 1.95. The van der Waals surface area contributed by atoms with Gasteiger partial charge in [-0.1, -0.05) is 0 Å². The second-order valence-electron chi connectivity index (χ2n) is 4.59. The van der Waals surface area contributed by atoms with Crippen molar-refractivity contribution >= 4 is 17.7 Å². The van der Waals surface area contributed by atoms with Crippen LogP contribution in [0.15, 0.2) is 43.0 Å². The highest BCUT2D eigenvalue weighted by molar-refractivity contribution is 5.92. The number of anilines is 1. The summed E-state index contributed by atoms with van der Waals surface area (Å²) in [7, 11) is 0. The number of hydrogen-bond acceptors (Lipinski definition) is 4. The second kappa shape index (κ2) is 7.14. The van der Waals surface area contributed by atoms with E-state index in [-0.39, 0.29) is 11.7 Å². The third-order valence-corrected chi connectivity index (χ3v) is 2.94. The first-order valence-electron chi connectivity index (χ1n) is 6.65. The number of imidazole rings is 1. The Kier molecular flexibility index (Phi) is 4.98. The lowest BCUT2D eigenvalue weighted by Gasteiger charge is -2.04. The van der Waals surface area contributed by atoms with Crippen LogP contribution >= 0.6 is 0 Å². The first kappa shape index (κ1) is 14.6. The van der Waals surface area contributed by atoms with Crippen LogP contribution < -0.4 is 11.1 Å². The van der Waals surface area contributed by atoms with Gasteiger partial charge in [-0.15, -0.1) is 0 Å². The summed E-state index contributed by atoms with van der Waals surface area (Å²) in [6, 6.07) is 4.61. The maximum atomic E-state index is 11.7. The van der Waals surface area contributed by atoms with Gasteiger partial charge in [-0.05, 0) is 30.7 Å². The zero-order chi connectivity index (χ0) is 15.1. The number of nitrogen functional groups attached to an aromatic ring is 1. The van der Waals surface area contributed by atoms with Crippen molar-refractivity contribution in [2.45, 2.75) is 13.0 Å². The number of amides is 1. The van der Waals surface area contributed by atoms with Gasteiger partial charge in [-0.25, -0.2) is 4.98 Å². The van der Waals surface area contributed by atoms with Crippen LogP contribution in [0.3, 0.4) is 0 Å². The number of aryl methyl sites for hydroxylation is 1. The molecule has 0 unspecified atom stereocenters. The molecule has 0 aliphatic rings. The van der Waals surface area contributed by atoms with Crippen molar-refractivity contribution in [1.82, 2.24) is 14.9 Å². The van der Waals surface area contributed by atoms with Gasteiger partial charge in [0.1, 0.15) is 5.75 Å². The molecule has 0 fully saturated rings. The van der Waals surface area contributed by atoms with E-state index in [4.69, 9.17) is 5.73 Å². The summed E-state index contributed by atoms with van der Waals surface area (Å²) in [5, 5.41) is 12.2. The van der Waals surface area contributed by atoms with E-state index in [1.165, 1.54) is 18.2 Å². The van der Waals surface area contributed by atoms with Gasteiger partial charge in [-0.2, -0.15) is 0 Å². The minimum absolute atomic E-state index is 0.115. The molecule has 0 aliphatic carbocycles. The topological polar surface area (TPSA) is 93.2 Å². The van der Waals surface area contributed by atoms with Gasteiger partial charge in [0.15, 0.2) is 0 Å². The van der Waals surface area contributed by atoms with Gasteiger partial charge in [-0.3, -0.25) is 4.79 Å². The zero-order valence-electron chi connectivity index (χ0n) is 11.6. The molecule has 21 heavy (non-hydrogen) atoms. The van der Waals surface area contributed by atoms with E-state index < -0.39 is 0 Å². The number of aromatic nitrogens is 2. The maximum Gasteiger partial charge on any atom is 0.244 e. The molecule has 1 aromatic carbocycles. The highest BCUT2D eigenvalue weighted by Gasteiger charge is 1.99. The zero-order valence-corrected chi connectivity index (χ0v) is 11.6. The molecule has 0 saturated heterocycles. The number of nitrogens with two attached hydrogens (primary N) is 1. The first-order valence-corrected chi connectivity index (χ1v) is 6.65.